The molecule has 0 atom stereocenters. The Morgan fingerprint density at radius 1 is 1.28 bits per heavy atom. The smallest absolute Gasteiger partial charge is 0.335 e. The van der Waals surface area contributed by atoms with Gasteiger partial charge in [-0.15, -0.1) is 0 Å². The predicted octanol–water partition coefficient (Wildman–Crippen LogP) is 3.78. The minimum absolute atomic E-state index is 0.350. The zero-order chi connectivity index (χ0) is 13.1. The number of nitrogens with zero attached hydrogens (tertiary/aromatic N) is 1. The van der Waals surface area contributed by atoms with E-state index < -0.39 is 5.97 Å². The van der Waals surface area contributed by atoms with E-state index in [9.17, 15) is 4.79 Å². The van der Waals surface area contributed by atoms with Crippen molar-refractivity contribution in [1.29, 1.82) is 0 Å². The van der Waals surface area contributed by atoms with Crippen molar-refractivity contribution in [3.05, 3.63) is 36.0 Å². The quantitative estimate of drug-likeness (QED) is 0.871. The molecular formula is C15H19NO2. The zero-order valence-electron chi connectivity index (χ0n) is 10.9. The average molecular weight is 245 g/mol. The molecule has 3 nitrogen and oxygen atoms in total. The minimum atomic E-state index is -0.871. The Balaban J connectivity index is 2.34. The SMILES string of the molecule is CCC(CC)Cn1ccc2cc(C(=O)O)ccc21. The molecule has 2 aromatic rings. The molecule has 18 heavy (non-hydrogen) atoms. The second-order valence-corrected chi connectivity index (χ2v) is 4.73. The Morgan fingerprint density at radius 2 is 2.00 bits per heavy atom. The van der Waals surface area contributed by atoms with E-state index >= 15 is 0 Å². The van der Waals surface area contributed by atoms with E-state index in [2.05, 4.69) is 24.6 Å². The molecule has 1 N–H and O–H groups in total. The van der Waals surface area contributed by atoms with E-state index in [1.165, 1.54) is 12.8 Å². The Morgan fingerprint density at radius 3 is 2.61 bits per heavy atom. The lowest BCUT2D eigenvalue weighted by Crippen LogP contribution is -2.08. The molecule has 0 aliphatic heterocycles. The molecule has 0 saturated heterocycles. The summed E-state index contributed by atoms with van der Waals surface area (Å²) in [5, 5.41) is 9.97. The van der Waals surface area contributed by atoms with Crippen LogP contribution >= 0.6 is 0 Å². The first-order valence-corrected chi connectivity index (χ1v) is 6.47. The molecule has 0 aliphatic carbocycles. The number of benzene rings is 1. The van der Waals surface area contributed by atoms with Crippen LogP contribution in [-0.2, 0) is 6.54 Å². The van der Waals surface area contributed by atoms with Gasteiger partial charge in [-0.3, -0.25) is 0 Å². The van der Waals surface area contributed by atoms with E-state index in [0.717, 1.165) is 17.4 Å². The highest BCUT2D eigenvalue weighted by Gasteiger charge is 2.09. The number of rotatable bonds is 5. The number of fused-ring (bicyclic) bond motifs is 1. The predicted molar refractivity (Wildman–Crippen MR) is 73.0 cm³/mol. The van der Waals surface area contributed by atoms with E-state index in [0.29, 0.717) is 11.5 Å². The number of aromatic nitrogens is 1. The molecule has 3 heteroatoms. The van der Waals surface area contributed by atoms with Crippen molar-refractivity contribution < 1.29 is 9.90 Å². The summed E-state index contributed by atoms with van der Waals surface area (Å²) in [6.45, 7) is 5.42. The van der Waals surface area contributed by atoms with Gasteiger partial charge in [0.15, 0.2) is 0 Å². The number of carbonyl (C=O) groups is 1. The average Bonchev–Trinajstić information content (AvgIpc) is 2.78. The van der Waals surface area contributed by atoms with Gasteiger partial charge in [0.1, 0.15) is 0 Å². The highest BCUT2D eigenvalue weighted by molar-refractivity contribution is 5.93. The summed E-state index contributed by atoms with van der Waals surface area (Å²) < 4.78 is 2.22. The lowest BCUT2D eigenvalue weighted by atomic mass is 10.0. The fourth-order valence-corrected chi connectivity index (χ4v) is 2.32. The van der Waals surface area contributed by atoms with Gasteiger partial charge < -0.3 is 9.67 Å². The second kappa shape index (κ2) is 5.25. The second-order valence-electron chi connectivity index (χ2n) is 4.73. The van der Waals surface area contributed by atoms with Crippen LogP contribution < -0.4 is 0 Å². The Labute approximate surface area is 107 Å². The zero-order valence-corrected chi connectivity index (χ0v) is 10.9. The normalized spacial score (nSPS) is 11.3. The molecule has 0 fully saturated rings. The van der Waals surface area contributed by atoms with Crippen LogP contribution in [0.2, 0.25) is 0 Å². The summed E-state index contributed by atoms with van der Waals surface area (Å²) in [5.41, 5.74) is 1.47. The highest BCUT2D eigenvalue weighted by Crippen LogP contribution is 2.20. The van der Waals surface area contributed by atoms with Crippen LogP contribution in [0.15, 0.2) is 30.5 Å². The first-order valence-electron chi connectivity index (χ1n) is 6.47. The Kier molecular flexibility index (Phi) is 3.70. The lowest BCUT2D eigenvalue weighted by molar-refractivity contribution is 0.0697. The summed E-state index contributed by atoms with van der Waals surface area (Å²) in [7, 11) is 0. The van der Waals surface area contributed by atoms with Crippen LogP contribution in [0.3, 0.4) is 0 Å². The van der Waals surface area contributed by atoms with Gasteiger partial charge in [-0.2, -0.15) is 0 Å². The molecule has 1 aromatic carbocycles. The van der Waals surface area contributed by atoms with Gasteiger partial charge in [0, 0.05) is 23.6 Å². The van der Waals surface area contributed by atoms with Crippen LogP contribution in [0.4, 0.5) is 0 Å². The summed E-state index contributed by atoms with van der Waals surface area (Å²) in [6, 6.07) is 7.31. The van der Waals surface area contributed by atoms with Crippen LogP contribution in [0.25, 0.3) is 10.9 Å². The molecule has 1 heterocycles. The van der Waals surface area contributed by atoms with Gasteiger partial charge in [-0.1, -0.05) is 26.7 Å². The molecular weight excluding hydrogens is 226 g/mol. The third-order valence-electron chi connectivity index (χ3n) is 3.63. The molecule has 0 saturated carbocycles. The fourth-order valence-electron chi connectivity index (χ4n) is 2.32. The maximum Gasteiger partial charge on any atom is 0.335 e. The van der Waals surface area contributed by atoms with Gasteiger partial charge in [0.25, 0.3) is 0 Å². The van der Waals surface area contributed by atoms with Gasteiger partial charge in [0.2, 0.25) is 0 Å². The standard InChI is InChI=1S/C15H19NO2/c1-3-11(4-2)10-16-8-7-12-9-13(15(17)18)5-6-14(12)16/h5-9,11H,3-4,10H2,1-2H3,(H,17,18). The molecule has 2 rings (SSSR count). The van der Waals surface area contributed by atoms with Crippen LogP contribution in [-0.4, -0.2) is 15.6 Å². The number of hydrogen-bond acceptors (Lipinski definition) is 1. The van der Waals surface area contributed by atoms with E-state index in [4.69, 9.17) is 5.11 Å². The monoisotopic (exact) mass is 245 g/mol. The molecule has 96 valence electrons. The van der Waals surface area contributed by atoms with E-state index in [1.54, 1.807) is 12.1 Å². The summed E-state index contributed by atoms with van der Waals surface area (Å²) in [6.07, 6.45) is 4.39. The first kappa shape index (κ1) is 12.7. The number of aromatic carboxylic acids is 1. The van der Waals surface area contributed by atoms with E-state index in [1.807, 2.05) is 12.1 Å². The third kappa shape index (κ3) is 2.40. The number of carboxylic acid groups (broad SMARTS) is 1. The molecule has 0 spiro atoms. The Hall–Kier alpha value is -1.77. The van der Waals surface area contributed by atoms with Gasteiger partial charge in [-0.05, 0) is 30.2 Å². The molecule has 0 amide bonds. The van der Waals surface area contributed by atoms with Gasteiger partial charge >= 0.3 is 5.97 Å². The Bertz CT molecular complexity index is 553. The largest absolute Gasteiger partial charge is 0.478 e. The van der Waals surface area contributed by atoms with Gasteiger partial charge in [-0.25, -0.2) is 4.79 Å². The van der Waals surface area contributed by atoms with Crippen LogP contribution in [0, 0.1) is 5.92 Å². The van der Waals surface area contributed by atoms with Crippen molar-refractivity contribution in [2.24, 2.45) is 5.92 Å². The van der Waals surface area contributed by atoms with Crippen LogP contribution in [0.1, 0.15) is 37.0 Å². The van der Waals surface area contributed by atoms with Crippen molar-refractivity contribution in [1.82, 2.24) is 4.57 Å². The number of hydrogen-bond donors (Lipinski definition) is 1. The molecule has 1 aromatic heterocycles. The van der Waals surface area contributed by atoms with Crippen molar-refractivity contribution in [2.45, 2.75) is 33.2 Å². The minimum Gasteiger partial charge on any atom is -0.478 e. The molecule has 0 radical (unpaired) electrons. The summed E-state index contributed by atoms with van der Waals surface area (Å²) in [5.74, 6) is -0.190. The van der Waals surface area contributed by atoms with Crippen molar-refractivity contribution in [3.63, 3.8) is 0 Å². The topological polar surface area (TPSA) is 42.2 Å². The van der Waals surface area contributed by atoms with Crippen molar-refractivity contribution in [3.8, 4) is 0 Å². The lowest BCUT2D eigenvalue weighted by Gasteiger charge is -2.14. The van der Waals surface area contributed by atoms with Crippen molar-refractivity contribution in [2.75, 3.05) is 0 Å². The maximum absolute atomic E-state index is 10.9. The van der Waals surface area contributed by atoms with E-state index in [-0.39, 0.29) is 0 Å². The molecule has 0 aliphatic rings. The highest BCUT2D eigenvalue weighted by atomic mass is 16.4. The molecule has 0 unspecified atom stereocenters. The molecule has 0 bridgehead atoms. The summed E-state index contributed by atoms with van der Waals surface area (Å²) in [4.78, 5) is 10.9. The third-order valence-corrected chi connectivity index (χ3v) is 3.63. The maximum atomic E-state index is 10.9. The van der Waals surface area contributed by atoms with Crippen LogP contribution in [0.5, 0.6) is 0 Å². The number of carboxylic acids is 1. The van der Waals surface area contributed by atoms with Crippen molar-refractivity contribution >= 4 is 16.9 Å². The summed E-state index contributed by atoms with van der Waals surface area (Å²) >= 11 is 0. The fraction of sp³-hybridized carbons (Fsp3) is 0.400. The van der Waals surface area contributed by atoms with Gasteiger partial charge in [0.05, 0.1) is 5.56 Å². The first-order chi connectivity index (χ1) is 8.65.